The first kappa shape index (κ1) is 16.3. The molecule has 5 nitrogen and oxygen atoms in total. The Morgan fingerprint density at radius 2 is 1.85 bits per heavy atom. The second kappa shape index (κ2) is 8.40. The Morgan fingerprint density at radius 3 is 2.35 bits per heavy atom. The number of carboxylic acid groups (broad SMARTS) is 1. The van der Waals surface area contributed by atoms with E-state index in [2.05, 4.69) is 16.9 Å². The third kappa shape index (κ3) is 4.40. The summed E-state index contributed by atoms with van der Waals surface area (Å²) in [5, 5.41) is 11.4. The van der Waals surface area contributed by atoms with Crippen LogP contribution in [0.5, 0.6) is 0 Å². The smallest absolute Gasteiger partial charge is 0.174 e. The fourth-order valence-corrected chi connectivity index (χ4v) is 2.38. The molecule has 5 heteroatoms. The molecule has 1 rings (SSSR count). The summed E-state index contributed by atoms with van der Waals surface area (Å²) in [6.07, 6.45) is 8.41. The first-order valence-electron chi connectivity index (χ1n) is 7.11. The van der Waals surface area contributed by atoms with Crippen molar-refractivity contribution < 1.29 is 14.7 Å². The number of carbonyl (C=O) groups excluding carboxylic acids is 2. The number of carbonyl (C=O) groups is 2. The summed E-state index contributed by atoms with van der Waals surface area (Å²) in [4.78, 5) is 31.2. The van der Waals surface area contributed by atoms with Crippen LogP contribution in [-0.4, -0.2) is 21.7 Å². The van der Waals surface area contributed by atoms with Crippen molar-refractivity contribution in [3.8, 4) is 0 Å². The molecule has 1 heterocycles. The van der Waals surface area contributed by atoms with Crippen molar-refractivity contribution >= 4 is 11.8 Å². The van der Waals surface area contributed by atoms with Crippen molar-refractivity contribution in [3.05, 3.63) is 24.3 Å². The van der Waals surface area contributed by atoms with Gasteiger partial charge in [-0.15, -0.1) is 0 Å². The first-order valence-corrected chi connectivity index (χ1v) is 7.11. The number of nitrogens with zero attached hydrogens (tertiary/aromatic N) is 2. The molecule has 0 N–H and O–H groups in total. The molecule has 0 bridgehead atoms. The van der Waals surface area contributed by atoms with Gasteiger partial charge in [0.2, 0.25) is 0 Å². The average Bonchev–Trinajstić information content (AvgIpc) is 2.46. The Bertz CT molecular complexity index is 434. The van der Waals surface area contributed by atoms with Gasteiger partial charge in [-0.05, 0) is 12.3 Å². The van der Waals surface area contributed by atoms with Crippen LogP contribution in [0, 0.1) is 11.8 Å². The van der Waals surface area contributed by atoms with E-state index in [4.69, 9.17) is 0 Å². The fraction of sp³-hybridized carbons (Fsp3) is 0.600. The van der Waals surface area contributed by atoms with Crippen molar-refractivity contribution in [1.82, 2.24) is 9.97 Å². The maximum Gasteiger partial charge on any atom is 0.174 e. The van der Waals surface area contributed by atoms with Crippen molar-refractivity contribution in [1.29, 1.82) is 0 Å². The summed E-state index contributed by atoms with van der Waals surface area (Å²) in [7, 11) is 0. The topological polar surface area (TPSA) is 83.0 Å². The number of carboxylic acids is 1. The molecule has 0 aliphatic rings. The van der Waals surface area contributed by atoms with Gasteiger partial charge in [-0.1, -0.05) is 39.5 Å². The highest BCUT2D eigenvalue weighted by Gasteiger charge is 2.29. The van der Waals surface area contributed by atoms with Crippen LogP contribution in [0.15, 0.2) is 18.7 Å². The van der Waals surface area contributed by atoms with Gasteiger partial charge in [-0.2, -0.15) is 0 Å². The van der Waals surface area contributed by atoms with Crippen molar-refractivity contribution in [2.45, 2.75) is 46.0 Å². The largest absolute Gasteiger partial charge is 0.549 e. The molecule has 0 saturated carbocycles. The van der Waals surface area contributed by atoms with E-state index in [9.17, 15) is 14.7 Å². The van der Waals surface area contributed by atoms with Crippen LogP contribution in [0.3, 0.4) is 0 Å². The molecule has 0 aliphatic heterocycles. The molecule has 0 amide bonds. The van der Waals surface area contributed by atoms with Gasteiger partial charge in [0.25, 0.3) is 0 Å². The van der Waals surface area contributed by atoms with Crippen LogP contribution in [0.25, 0.3) is 0 Å². The molecule has 1 aromatic rings. The molecule has 1 aromatic heterocycles. The molecular formula is C15H21N2O3-. The molecule has 0 saturated heterocycles. The molecular weight excluding hydrogens is 256 g/mol. The lowest BCUT2D eigenvalue weighted by Gasteiger charge is -2.26. The predicted octanol–water partition coefficient (Wildman–Crippen LogP) is 1.63. The highest BCUT2D eigenvalue weighted by atomic mass is 16.4. The molecule has 0 aromatic carbocycles. The highest BCUT2D eigenvalue weighted by Crippen LogP contribution is 2.25. The van der Waals surface area contributed by atoms with E-state index in [0.29, 0.717) is 6.42 Å². The van der Waals surface area contributed by atoms with Gasteiger partial charge < -0.3 is 9.90 Å². The SMILES string of the molecule is CCCCCC(CC)C(C(=O)[O-])C(=O)c1cncnc1. The van der Waals surface area contributed by atoms with Crippen LogP contribution in [0.4, 0.5) is 0 Å². The van der Waals surface area contributed by atoms with E-state index >= 15 is 0 Å². The predicted molar refractivity (Wildman–Crippen MR) is 72.8 cm³/mol. The highest BCUT2D eigenvalue weighted by molar-refractivity contribution is 6.07. The van der Waals surface area contributed by atoms with Gasteiger partial charge >= 0.3 is 0 Å². The number of hydrogen-bond donors (Lipinski definition) is 0. The summed E-state index contributed by atoms with van der Waals surface area (Å²) in [5.74, 6) is -3.06. The molecule has 2 unspecified atom stereocenters. The maximum atomic E-state index is 12.3. The Morgan fingerprint density at radius 1 is 1.20 bits per heavy atom. The normalized spacial score (nSPS) is 13.7. The van der Waals surface area contributed by atoms with Gasteiger partial charge in [0.1, 0.15) is 6.33 Å². The van der Waals surface area contributed by atoms with Gasteiger partial charge in [0, 0.05) is 12.4 Å². The minimum absolute atomic E-state index is 0.195. The summed E-state index contributed by atoms with van der Waals surface area (Å²) >= 11 is 0. The van der Waals surface area contributed by atoms with Crippen LogP contribution in [0.2, 0.25) is 0 Å². The van der Waals surface area contributed by atoms with E-state index in [0.717, 1.165) is 25.7 Å². The second-order valence-electron chi connectivity index (χ2n) is 4.95. The number of unbranched alkanes of at least 4 members (excludes halogenated alkanes) is 2. The summed E-state index contributed by atoms with van der Waals surface area (Å²) in [6, 6.07) is 0. The molecule has 2 atom stereocenters. The fourth-order valence-electron chi connectivity index (χ4n) is 2.38. The maximum absolute atomic E-state index is 12.3. The molecule has 0 fully saturated rings. The number of aliphatic carboxylic acids is 1. The zero-order valence-electron chi connectivity index (χ0n) is 12.0. The minimum Gasteiger partial charge on any atom is -0.549 e. The molecule has 0 radical (unpaired) electrons. The monoisotopic (exact) mass is 277 g/mol. The molecule has 0 aliphatic carbocycles. The van der Waals surface area contributed by atoms with E-state index in [1.807, 2.05) is 6.92 Å². The Balaban J connectivity index is 2.86. The van der Waals surface area contributed by atoms with Crippen LogP contribution in [0.1, 0.15) is 56.3 Å². The van der Waals surface area contributed by atoms with Crippen molar-refractivity contribution in [2.24, 2.45) is 11.8 Å². The summed E-state index contributed by atoms with van der Waals surface area (Å²) in [6.45, 7) is 3.99. The quantitative estimate of drug-likeness (QED) is 0.389. The lowest BCUT2D eigenvalue weighted by molar-refractivity contribution is -0.310. The molecule has 20 heavy (non-hydrogen) atoms. The van der Waals surface area contributed by atoms with Crippen LogP contribution < -0.4 is 5.11 Å². The third-order valence-electron chi connectivity index (χ3n) is 3.56. The van der Waals surface area contributed by atoms with Crippen molar-refractivity contribution in [3.63, 3.8) is 0 Å². The minimum atomic E-state index is -1.30. The van der Waals surface area contributed by atoms with E-state index in [-0.39, 0.29) is 11.5 Å². The first-order chi connectivity index (χ1) is 9.61. The van der Waals surface area contributed by atoms with Crippen LogP contribution in [-0.2, 0) is 4.79 Å². The molecule has 0 spiro atoms. The third-order valence-corrected chi connectivity index (χ3v) is 3.56. The van der Waals surface area contributed by atoms with Gasteiger partial charge in [0.05, 0.1) is 17.5 Å². The van der Waals surface area contributed by atoms with Gasteiger partial charge in [-0.25, -0.2) is 9.97 Å². The lowest BCUT2D eigenvalue weighted by atomic mass is 9.81. The average molecular weight is 277 g/mol. The van der Waals surface area contributed by atoms with E-state index in [1.54, 1.807) is 0 Å². The zero-order valence-corrected chi connectivity index (χ0v) is 12.0. The van der Waals surface area contributed by atoms with Crippen molar-refractivity contribution in [2.75, 3.05) is 0 Å². The number of rotatable bonds is 9. The van der Waals surface area contributed by atoms with Gasteiger partial charge in [-0.3, -0.25) is 4.79 Å². The summed E-state index contributed by atoms with van der Waals surface area (Å²) in [5.41, 5.74) is 0.232. The standard InChI is InChI=1S/C15H22N2O3/c1-3-5-6-7-11(4-2)13(15(19)20)14(18)12-8-16-10-17-9-12/h8-11,13H,3-7H2,1-2H3,(H,19,20)/p-1. The number of hydrogen-bond acceptors (Lipinski definition) is 5. The second-order valence-corrected chi connectivity index (χ2v) is 4.95. The Labute approximate surface area is 119 Å². The number of aromatic nitrogens is 2. The zero-order chi connectivity index (χ0) is 15.0. The van der Waals surface area contributed by atoms with Gasteiger partial charge in [0.15, 0.2) is 5.78 Å². The molecule has 110 valence electrons. The van der Waals surface area contributed by atoms with E-state index in [1.165, 1.54) is 18.7 Å². The lowest BCUT2D eigenvalue weighted by Crippen LogP contribution is -2.41. The number of Topliss-reactive ketones (excluding diaryl/α,β-unsaturated/α-hetero) is 1. The Hall–Kier alpha value is -1.78. The summed E-state index contributed by atoms with van der Waals surface area (Å²) < 4.78 is 0. The number of ketones is 1. The van der Waals surface area contributed by atoms with E-state index < -0.39 is 17.7 Å². The Kier molecular flexibility index (Phi) is 6.84. The van der Waals surface area contributed by atoms with Crippen LogP contribution >= 0.6 is 0 Å².